The minimum atomic E-state index is -0.917. The van der Waals surface area contributed by atoms with Crippen molar-refractivity contribution in [2.45, 2.75) is 629 Å². The summed E-state index contributed by atoms with van der Waals surface area (Å²) in [5.74, 6) is 10.00. The van der Waals surface area contributed by atoms with E-state index in [4.69, 9.17) is 23.7 Å². The normalized spacial score (nSPS) is 20.7. The van der Waals surface area contributed by atoms with Gasteiger partial charge >= 0.3 is 0 Å². The van der Waals surface area contributed by atoms with E-state index in [2.05, 4.69) is 170 Å². The molecular formula is C118H224O7. The van der Waals surface area contributed by atoms with Gasteiger partial charge in [-0.2, -0.15) is 0 Å². The molecule has 3 rings (SSSR count). The predicted molar refractivity (Wildman–Crippen MR) is 550 cm³/mol. The maximum Gasteiger partial charge on any atom is 0.200 e. The Bertz CT molecular complexity index is 2660. The molecule has 738 valence electrons. The highest BCUT2D eigenvalue weighted by atomic mass is 16.6. The summed E-state index contributed by atoms with van der Waals surface area (Å²) < 4.78 is 37.4. The number of unbranched alkanes of at least 4 members (excludes halogenated alkanes) is 25. The van der Waals surface area contributed by atoms with E-state index in [1.807, 2.05) is 0 Å². The minimum absolute atomic E-state index is 0.100. The van der Waals surface area contributed by atoms with Crippen LogP contribution in [0.1, 0.15) is 581 Å². The summed E-state index contributed by atoms with van der Waals surface area (Å²) in [7, 11) is 1.70. The largest absolute Gasteiger partial charge is 0.502 e. The Morgan fingerprint density at radius 1 is 0.360 bits per heavy atom. The predicted octanol–water partition coefficient (Wildman–Crippen LogP) is 38.3. The fraction of sp³-hybridized carbons (Fsp3) is 0.932. The van der Waals surface area contributed by atoms with Crippen molar-refractivity contribution in [1.82, 2.24) is 0 Å². The minimum Gasteiger partial charge on any atom is -0.502 e. The molecule has 2 fully saturated rings. The highest BCUT2D eigenvalue weighted by molar-refractivity contribution is 5.53. The number of aromatic hydroxyl groups is 1. The molecule has 0 aliphatic carbocycles. The third-order valence-corrected chi connectivity index (χ3v) is 31.1. The maximum absolute atomic E-state index is 12.7. The van der Waals surface area contributed by atoms with Crippen molar-refractivity contribution >= 4 is 0 Å². The van der Waals surface area contributed by atoms with Gasteiger partial charge in [0.2, 0.25) is 5.75 Å². The van der Waals surface area contributed by atoms with Crippen LogP contribution in [0.2, 0.25) is 0 Å². The third-order valence-electron chi connectivity index (χ3n) is 31.1. The van der Waals surface area contributed by atoms with Gasteiger partial charge in [0.05, 0.1) is 42.2 Å². The molecule has 0 amide bonds. The highest BCUT2D eigenvalue weighted by Crippen LogP contribution is 2.49. The molecule has 1 aromatic carbocycles. The third kappa shape index (κ3) is 56.9. The molecule has 7 nitrogen and oxygen atoms in total. The number of aliphatic hydroxyl groups is 1. The van der Waals surface area contributed by atoms with Crippen molar-refractivity contribution < 1.29 is 33.9 Å². The van der Waals surface area contributed by atoms with Gasteiger partial charge in [0.15, 0.2) is 11.5 Å². The zero-order chi connectivity index (χ0) is 92.0. The van der Waals surface area contributed by atoms with Crippen molar-refractivity contribution in [3.8, 4) is 17.2 Å². The topological polar surface area (TPSA) is 86.6 Å². The van der Waals surface area contributed by atoms with Crippen LogP contribution >= 0.6 is 0 Å². The summed E-state index contributed by atoms with van der Waals surface area (Å²) in [6.07, 6.45) is 89.5. The fourth-order valence-corrected chi connectivity index (χ4v) is 21.9. The lowest BCUT2D eigenvalue weighted by Gasteiger charge is -2.53. The van der Waals surface area contributed by atoms with Crippen LogP contribution in [0.15, 0.2) is 24.3 Å². The van der Waals surface area contributed by atoms with Gasteiger partial charge in [-0.15, -0.1) is 0 Å². The summed E-state index contributed by atoms with van der Waals surface area (Å²) in [5.41, 5.74) is -1.65. The molecule has 0 radical (unpaired) electrons. The van der Waals surface area contributed by atoms with Crippen LogP contribution in [0.4, 0.5) is 0 Å². The van der Waals surface area contributed by atoms with E-state index in [0.29, 0.717) is 35.2 Å². The van der Waals surface area contributed by atoms with Crippen molar-refractivity contribution in [2.24, 2.45) is 71.0 Å². The van der Waals surface area contributed by atoms with Gasteiger partial charge in [0.1, 0.15) is 11.7 Å². The lowest BCUT2D eigenvalue weighted by Crippen LogP contribution is -2.60. The van der Waals surface area contributed by atoms with Crippen LogP contribution in [0.5, 0.6) is 17.2 Å². The summed E-state index contributed by atoms with van der Waals surface area (Å²) in [5, 5.41) is 24.9. The molecule has 7 heteroatoms. The van der Waals surface area contributed by atoms with Crippen molar-refractivity contribution in [3.05, 3.63) is 29.8 Å². The molecule has 2 aliphatic rings. The second-order valence-electron chi connectivity index (χ2n) is 46.7. The van der Waals surface area contributed by atoms with Crippen molar-refractivity contribution in [3.63, 3.8) is 0 Å². The van der Waals surface area contributed by atoms with E-state index in [1.165, 1.54) is 339 Å². The smallest absolute Gasteiger partial charge is 0.200 e. The average molecular weight is 1760 g/mol. The summed E-state index contributed by atoms with van der Waals surface area (Å²) in [4.78, 5) is 0. The van der Waals surface area contributed by atoms with Gasteiger partial charge in [0.25, 0.3) is 0 Å². The monoisotopic (exact) mass is 1750 g/mol. The number of hydrogen-bond donors (Lipinski definition) is 2. The zero-order valence-electron chi connectivity index (χ0n) is 88.6. The SMILES string of the molecule is CCCCCCCCC=CCCCCCCCCCCCCCCCCCCCCCc1cc(OC)c(O)c(OC2CCC(C(C)(CCCC(C)CCCC(C)CCCC(C)C)OC(C)(CCCC(C)CCCC(C)CCCC(C)C)C3CCC(C(C)(O)CCCC(C)CCCC(C)CCCC(C)C)O3)OC2(C)CCCC(C)CCCC(C)CCCC(C)C)c1. The first-order valence-electron chi connectivity index (χ1n) is 56.3. The van der Waals surface area contributed by atoms with Crippen molar-refractivity contribution in [1.29, 1.82) is 0 Å². The second-order valence-corrected chi connectivity index (χ2v) is 46.7. The number of phenolic OH excluding ortho intramolecular Hbond substituents is 1. The van der Waals surface area contributed by atoms with E-state index in [1.54, 1.807) is 7.11 Å². The average Bonchev–Trinajstić information content (AvgIpc) is 1.73. The number of rotatable bonds is 85. The molecule has 16 atom stereocenters. The highest BCUT2D eigenvalue weighted by Gasteiger charge is 2.54. The fourth-order valence-electron chi connectivity index (χ4n) is 21.9. The molecule has 0 saturated carbocycles. The molecule has 0 aromatic heterocycles. The summed E-state index contributed by atoms with van der Waals surface area (Å²) in [6, 6.07) is 4.21. The van der Waals surface area contributed by atoms with Gasteiger partial charge in [0, 0.05) is 0 Å². The molecule has 16 unspecified atom stereocenters. The molecule has 125 heavy (non-hydrogen) atoms. The first kappa shape index (κ1) is 117. The Balaban J connectivity index is 1.87. The summed E-state index contributed by atoms with van der Waals surface area (Å²) in [6.45, 7) is 50.5. The van der Waals surface area contributed by atoms with E-state index in [0.717, 1.165) is 150 Å². The maximum atomic E-state index is 12.7. The van der Waals surface area contributed by atoms with Crippen LogP contribution in [-0.4, -0.2) is 64.1 Å². The van der Waals surface area contributed by atoms with E-state index < -0.39 is 22.4 Å². The Labute approximate surface area is 783 Å². The van der Waals surface area contributed by atoms with E-state index in [9.17, 15) is 10.2 Å². The standard InChI is InChI=1S/C118H224O7/c1-23-24-25-26-27-28-29-30-31-32-33-34-35-36-37-38-39-40-41-42-43-44-45-46-47-48-49-50-51-84-107-93-108(121-22)114(119)109(94-107)122-111-87-88-113(124-116(111,19)90-61-81-104(15)77-57-73-100(11)69-53-65-96(4)5)118(21,92-63-83-106(17)79-59-75-102(13)71-55-67-98(8)9)125-117(20,91-62-82-105(16)78-58-74-101(12)70-54-66-97(6)7)112-86-85-110(123-112)115(18,120)89-60-80-103(14)76-56-72-99(10)68-52-64-95(2)3/h30-31,93-106,110-113,119-120H,23-29,32-92H2,1-22H3. The molecule has 1 aromatic rings. The van der Waals surface area contributed by atoms with Crippen LogP contribution < -0.4 is 9.47 Å². The summed E-state index contributed by atoms with van der Waals surface area (Å²) >= 11 is 0. The molecule has 0 bridgehead atoms. The Hall–Kier alpha value is -1.80. The molecular weight excluding hydrogens is 1530 g/mol. The molecule has 2 saturated heterocycles. The number of phenols is 1. The second kappa shape index (κ2) is 70.8. The van der Waals surface area contributed by atoms with Crippen molar-refractivity contribution in [2.75, 3.05) is 7.11 Å². The Morgan fingerprint density at radius 3 is 1.02 bits per heavy atom. The quantitative estimate of drug-likeness (QED) is 0.0496. The number of hydrogen-bond acceptors (Lipinski definition) is 7. The number of aryl methyl sites for hydroxylation is 1. The van der Waals surface area contributed by atoms with Gasteiger partial charge in [-0.25, -0.2) is 0 Å². The van der Waals surface area contributed by atoms with Gasteiger partial charge < -0.3 is 33.9 Å². The Morgan fingerprint density at radius 2 is 0.656 bits per heavy atom. The van der Waals surface area contributed by atoms with Gasteiger partial charge in [-0.1, -0.05) is 477 Å². The van der Waals surface area contributed by atoms with E-state index >= 15 is 0 Å². The van der Waals surface area contributed by atoms with Gasteiger partial charge in [-0.3, -0.25) is 0 Å². The lowest BCUT2D eigenvalue weighted by atomic mass is 9.78. The van der Waals surface area contributed by atoms with Crippen LogP contribution in [0.25, 0.3) is 0 Å². The first-order chi connectivity index (χ1) is 59.8. The lowest BCUT2D eigenvalue weighted by molar-refractivity contribution is -0.281. The van der Waals surface area contributed by atoms with Crippen LogP contribution in [0.3, 0.4) is 0 Å². The number of allylic oxidation sites excluding steroid dienone is 2. The molecule has 2 heterocycles. The molecule has 0 spiro atoms. The van der Waals surface area contributed by atoms with Crippen LogP contribution in [0, 0.1) is 71.0 Å². The molecule has 2 aliphatic heterocycles. The Kier molecular flexibility index (Phi) is 66.5. The van der Waals surface area contributed by atoms with Gasteiger partial charge in [-0.05, 0) is 206 Å². The number of benzene rings is 1. The molecule has 2 N–H and O–H groups in total. The number of methoxy groups -OCH3 is 1. The van der Waals surface area contributed by atoms with Crippen LogP contribution in [-0.2, 0) is 20.6 Å². The van der Waals surface area contributed by atoms with E-state index in [-0.39, 0.29) is 30.2 Å². The zero-order valence-corrected chi connectivity index (χ0v) is 88.6. The first-order valence-corrected chi connectivity index (χ1v) is 56.3. The number of ether oxygens (including phenoxy) is 5.